The molecule has 8 nitrogen and oxygen atoms in total. The lowest BCUT2D eigenvalue weighted by atomic mass is 9.81. The molecule has 12 heteroatoms. The lowest BCUT2D eigenvalue weighted by Gasteiger charge is -2.30. The SMILES string of the molecule is C=CCOC(=O)C1=C(C)NC(C)=C(C(=O)OCC=C)C1c1c(-c2ccc(OC(F)(F)F)cc2)nc2sccn12. The molecule has 2 aromatic heterocycles. The monoisotopic (exact) mass is 559 g/mol. The Bertz CT molecular complexity index is 1450. The first-order valence-corrected chi connectivity index (χ1v) is 12.5. The summed E-state index contributed by atoms with van der Waals surface area (Å²) in [7, 11) is 0. The van der Waals surface area contributed by atoms with Crippen LogP contribution in [0.15, 0.2) is 83.7 Å². The van der Waals surface area contributed by atoms with Crippen LogP contribution < -0.4 is 10.1 Å². The van der Waals surface area contributed by atoms with Gasteiger partial charge >= 0.3 is 18.3 Å². The van der Waals surface area contributed by atoms with E-state index in [9.17, 15) is 22.8 Å². The number of carbonyl (C=O) groups is 2. The summed E-state index contributed by atoms with van der Waals surface area (Å²) in [5.74, 6) is -2.76. The Hall–Kier alpha value is -4.32. The van der Waals surface area contributed by atoms with Crippen molar-refractivity contribution in [3.05, 3.63) is 89.4 Å². The van der Waals surface area contributed by atoms with Gasteiger partial charge in [-0.2, -0.15) is 0 Å². The molecule has 0 atom stereocenters. The van der Waals surface area contributed by atoms with Gasteiger partial charge in [-0.1, -0.05) is 25.3 Å². The Kier molecular flexibility index (Phi) is 7.95. The van der Waals surface area contributed by atoms with Gasteiger partial charge in [0, 0.05) is 28.5 Å². The number of alkyl halides is 3. The quantitative estimate of drug-likeness (QED) is 0.267. The number of carbonyl (C=O) groups excluding carboxylic acids is 2. The van der Waals surface area contributed by atoms with Crippen LogP contribution in [0.4, 0.5) is 13.2 Å². The number of fused-ring (bicyclic) bond motifs is 1. The molecular formula is C27H24F3N3O5S. The first-order chi connectivity index (χ1) is 18.6. The summed E-state index contributed by atoms with van der Waals surface area (Å²) in [5.41, 5.74) is 2.46. The van der Waals surface area contributed by atoms with Gasteiger partial charge in [0.15, 0.2) is 4.96 Å². The molecule has 1 aliphatic rings. The van der Waals surface area contributed by atoms with Crippen molar-refractivity contribution in [1.82, 2.24) is 14.7 Å². The molecule has 0 bridgehead atoms. The number of dihydropyridines is 1. The maximum absolute atomic E-state index is 13.4. The van der Waals surface area contributed by atoms with Crippen molar-refractivity contribution >= 4 is 28.2 Å². The molecule has 4 rings (SSSR count). The average Bonchev–Trinajstić information content (AvgIpc) is 3.46. The second kappa shape index (κ2) is 11.2. The molecule has 3 heterocycles. The lowest BCUT2D eigenvalue weighted by Crippen LogP contribution is -2.33. The van der Waals surface area contributed by atoms with E-state index in [4.69, 9.17) is 14.5 Å². The average molecular weight is 560 g/mol. The van der Waals surface area contributed by atoms with Crippen molar-refractivity contribution in [3.8, 4) is 17.0 Å². The van der Waals surface area contributed by atoms with Gasteiger partial charge in [0.25, 0.3) is 0 Å². The number of benzene rings is 1. The van der Waals surface area contributed by atoms with Crippen LogP contribution in [-0.4, -0.2) is 40.9 Å². The van der Waals surface area contributed by atoms with E-state index < -0.39 is 30.0 Å². The zero-order valence-electron chi connectivity index (χ0n) is 21.0. The number of aromatic nitrogens is 2. The molecule has 0 radical (unpaired) electrons. The van der Waals surface area contributed by atoms with E-state index in [2.05, 4.69) is 23.2 Å². The zero-order valence-corrected chi connectivity index (χ0v) is 21.8. The highest BCUT2D eigenvalue weighted by atomic mass is 32.1. The van der Waals surface area contributed by atoms with E-state index in [1.807, 2.05) is 0 Å². The Morgan fingerprint density at radius 2 is 1.62 bits per heavy atom. The molecule has 0 amide bonds. The predicted octanol–water partition coefficient (Wildman–Crippen LogP) is 5.65. The standard InChI is InChI=1S/C27H24F3N3O5S/c1-5-12-36-24(34)19-15(3)31-16(4)20(25(35)37-13-6-2)21(19)23-22(32-26-33(23)11-14-39-26)17-7-9-18(10-8-17)38-27(28,29)30/h5-11,14,21,31H,1-2,12-13H2,3-4H3. The van der Waals surface area contributed by atoms with Crippen molar-refractivity contribution in [1.29, 1.82) is 0 Å². The van der Waals surface area contributed by atoms with Crippen LogP contribution >= 0.6 is 11.3 Å². The van der Waals surface area contributed by atoms with E-state index in [-0.39, 0.29) is 24.4 Å². The fourth-order valence-corrected chi connectivity index (χ4v) is 5.06. The molecular weight excluding hydrogens is 535 g/mol. The minimum Gasteiger partial charge on any atom is -0.458 e. The van der Waals surface area contributed by atoms with Crippen LogP contribution in [0.1, 0.15) is 25.5 Å². The van der Waals surface area contributed by atoms with E-state index in [1.165, 1.54) is 47.8 Å². The molecule has 0 fully saturated rings. The van der Waals surface area contributed by atoms with Crippen LogP contribution in [-0.2, 0) is 19.1 Å². The summed E-state index contributed by atoms with van der Waals surface area (Å²) in [5, 5.41) is 4.86. The molecule has 1 N–H and O–H groups in total. The van der Waals surface area contributed by atoms with Crippen molar-refractivity contribution in [3.63, 3.8) is 0 Å². The normalized spacial score (nSPS) is 14.3. The molecule has 0 saturated heterocycles. The number of hydrogen-bond donors (Lipinski definition) is 1. The smallest absolute Gasteiger partial charge is 0.458 e. The molecule has 39 heavy (non-hydrogen) atoms. The Labute approximate surface area is 225 Å². The van der Waals surface area contributed by atoms with Gasteiger partial charge in [-0.15, -0.1) is 24.5 Å². The van der Waals surface area contributed by atoms with Crippen LogP contribution in [0.2, 0.25) is 0 Å². The van der Waals surface area contributed by atoms with Gasteiger partial charge in [0.1, 0.15) is 19.0 Å². The van der Waals surface area contributed by atoms with Gasteiger partial charge in [0.2, 0.25) is 0 Å². The second-order valence-electron chi connectivity index (χ2n) is 8.38. The maximum Gasteiger partial charge on any atom is 0.573 e. The molecule has 0 aliphatic carbocycles. The van der Waals surface area contributed by atoms with Gasteiger partial charge < -0.3 is 19.5 Å². The van der Waals surface area contributed by atoms with E-state index in [0.29, 0.717) is 33.3 Å². The third kappa shape index (κ3) is 5.75. The summed E-state index contributed by atoms with van der Waals surface area (Å²) < 4.78 is 54.6. The molecule has 3 aromatic rings. The van der Waals surface area contributed by atoms with E-state index in [1.54, 1.807) is 29.8 Å². The minimum atomic E-state index is -4.84. The van der Waals surface area contributed by atoms with Crippen LogP contribution in [0, 0.1) is 0 Å². The van der Waals surface area contributed by atoms with Gasteiger partial charge in [-0.05, 0) is 38.1 Å². The molecule has 0 unspecified atom stereocenters. The third-order valence-electron chi connectivity index (χ3n) is 5.80. The number of thiazole rings is 1. The fourth-order valence-electron chi connectivity index (χ4n) is 4.34. The number of hydrogen-bond acceptors (Lipinski definition) is 8. The van der Waals surface area contributed by atoms with Crippen LogP contribution in [0.25, 0.3) is 16.2 Å². The van der Waals surface area contributed by atoms with Crippen LogP contribution in [0.5, 0.6) is 5.75 Å². The van der Waals surface area contributed by atoms with Crippen molar-refractivity contribution in [2.45, 2.75) is 26.1 Å². The number of rotatable bonds is 9. The summed E-state index contributed by atoms with van der Waals surface area (Å²) in [6.07, 6.45) is -0.263. The first-order valence-electron chi connectivity index (χ1n) is 11.6. The number of nitrogens with one attached hydrogen (secondary N) is 1. The fraction of sp³-hybridized carbons (Fsp3) is 0.222. The van der Waals surface area contributed by atoms with E-state index in [0.717, 1.165) is 0 Å². The highest BCUT2D eigenvalue weighted by Gasteiger charge is 2.41. The highest BCUT2D eigenvalue weighted by molar-refractivity contribution is 7.15. The number of nitrogens with zero attached hydrogens (tertiary/aromatic N) is 2. The first kappa shape index (κ1) is 27.7. The zero-order chi connectivity index (χ0) is 28.3. The summed E-state index contributed by atoms with van der Waals surface area (Å²) >= 11 is 1.31. The summed E-state index contributed by atoms with van der Waals surface area (Å²) in [4.78, 5) is 31.9. The Morgan fingerprint density at radius 1 is 1.05 bits per heavy atom. The topological polar surface area (TPSA) is 91.2 Å². The third-order valence-corrected chi connectivity index (χ3v) is 6.56. The van der Waals surface area contributed by atoms with Crippen molar-refractivity contribution in [2.75, 3.05) is 13.2 Å². The molecule has 1 aliphatic heterocycles. The predicted molar refractivity (Wildman–Crippen MR) is 139 cm³/mol. The molecule has 1 aromatic carbocycles. The number of halogens is 3. The highest BCUT2D eigenvalue weighted by Crippen LogP contribution is 2.44. The van der Waals surface area contributed by atoms with Gasteiger partial charge in [-0.25, -0.2) is 14.6 Å². The maximum atomic E-state index is 13.4. The number of imidazole rings is 1. The van der Waals surface area contributed by atoms with Gasteiger partial charge in [0.05, 0.1) is 28.5 Å². The van der Waals surface area contributed by atoms with Gasteiger partial charge in [-0.3, -0.25) is 4.40 Å². The molecule has 0 saturated carbocycles. The largest absolute Gasteiger partial charge is 0.573 e. The summed E-state index contributed by atoms with van der Waals surface area (Å²) in [6, 6.07) is 5.19. The van der Waals surface area contributed by atoms with E-state index >= 15 is 0 Å². The number of ether oxygens (including phenoxy) is 3. The lowest BCUT2D eigenvalue weighted by molar-refractivity contribution is -0.274. The van der Waals surface area contributed by atoms with Crippen molar-refractivity contribution < 1.29 is 37.0 Å². The minimum absolute atomic E-state index is 0.0605. The number of allylic oxidation sites excluding steroid dienone is 2. The second-order valence-corrected chi connectivity index (χ2v) is 9.26. The molecule has 0 spiro atoms. The Morgan fingerprint density at radius 3 is 2.13 bits per heavy atom. The van der Waals surface area contributed by atoms with Crippen molar-refractivity contribution in [2.24, 2.45) is 0 Å². The molecule has 204 valence electrons. The summed E-state index contributed by atoms with van der Waals surface area (Å²) in [6.45, 7) is 10.4. The number of esters is 2. The van der Waals surface area contributed by atoms with Crippen LogP contribution in [0.3, 0.4) is 0 Å². The Balaban J connectivity index is 1.93.